The fourth-order valence-corrected chi connectivity index (χ4v) is 3.64. The molecule has 1 aromatic heterocycles. The van der Waals surface area contributed by atoms with Crippen molar-refractivity contribution in [3.8, 4) is 16.3 Å². The molecule has 0 aliphatic carbocycles. The van der Waals surface area contributed by atoms with E-state index in [0.29, 0.717) is 0 Å². The molecular formula is C19H19ClN2OS. The van der Waals surface area contributed by atoms with Gasteiger partial charge < -0.3 is 4.74 Å². The molecule has 0 saturated carbocycles. The summed E-state index contributed by atoms with van der Waals surface area (Å²) >= 11 is 7.88. The highest BCUT2D eigenvalue weighted by Gasteiger charge is 2.10. The molecule has 0 fully saturated rings. The number of hydrogen-bond acceptors (Lipinski definition) is 4. The first-order chi connectivity index (χ1) is 11.7. The van der Waals surface area contributed by atoms with E-state index in [2.05, 4.69) is 29.5 Å². The van der Waals surface area contributed by atoms with Gasteiger partial charge in [0.2, 0.25) is 0 Å². The third-order valence-corrected chi connectivity index (χ3v) is 4.95. The number of nitrogens with zero attached hydrogens (tertiary/aromatic N) is 2. The van der Waals surface area contributed by atoms with Crippen molar-refractivity contribution < 1.29 is 4.74 Å². The summed E-state index contributed by atoms with van der Waals surface area (Å²) in [6.07, 6.45) is 0. The van der Waals surface area contributed by atoms with Crippen LogP contribution in [0, 0.1) is 0 Å². The van der Waals surface area contributed by atoms with Crippen LogP contribution in [0.1, 0.15) is 11.3 Å². The molecule has 0 spiro atoms. The number of hydrogen-bond donors (Lipinski definition) is 0. The lowest BCUT2D eigenvalue weighted by atomic mass is 10.2. The zero-order chi connectivity index (χ0) is 16.9. The third kappa shape index (κ3) is 4.15. The van der Waals surface area contributed by atoms with Crippen LogP contribution >= 0.6 is 22.9 Å². The minimum Gasteiger partial charge on any atom is -0.497 e. The van der Waals surface area contributed by atoms with Gasteiger partial charge in [0.1, 0.15) is 10.8 Å². The Kier molecular flexibility index (Phi) is 5.51. The van der Waals surface area contributed by atoms with Gasteiger partial charge in [-0.25, -0.2) is 4.98 Å². The van der Waals surface area contributed by atoms with Crippen molar-refractivity contribution in [3.05, 3.63) is 70.2 Å². The Labute approximate surface area is 151 Å². The van der Waals surface area contributed by atoms with Gasteiger partial charge in [-0.2, -0.15) is 0 Å². The maximum atomic E-state index is 6.25. The molecule has 0 N–H and O–H groups in total. The first-order valence-corrected chi connectivity index (χ1v) is 8.92. The summed E-state index contributed by atoms with van der Waals surface area (Å²) in [6.45, 7) is 1.66. The van der Waals surface area contributed by atoms with Crippen LogP contribution in [0.4, 0.5) is 0 Å². The molecule has 0 amide bonds. The van der Waals surface area contributed by atoms with Gasteiger partial charge in [-0.15, -0.1) is 11.3 Å². The molecule has 0 saturated heterocycles. The molecule has 3 aromatic rings. The predicted molar refractivity (Wildman–Crippen MR) is 101 cm³/mol. The van der Waals surface area contributed by atoms with E-state index in [9.17, 15) is 0 Å². The minimum absolute atomic E-state index is 0.741. The van der Waals surface area contributed by atoms with E-state index >= 15 is 0 Å². The second-order valence-corrected chi connectivity index (χ2v) is 6.91. The third-order valence-electron chi connectivity index (χ3n) is 3.70. The first-order valence-electron chi connectivity index (χ1n) is 7.66. The highest BCUT2D eigenvalue weighted by Crippen LogP contribution is 2.30. The maximum absolute atomic E-state index is 6.25. The standard InChI is InChI=1S/C19H19ClN2OS/c1-22(11-14-7-9-16(23-2)10-8-14)12-15-13-24-19(21-15)17-5-3-4-6-18(17)20/h3-10,13H,11-12H2,1-2H3. The van der Waals surface area contributed by atoms with Gasteiger partial charge in [0, 0.05) is 24.0 Å². The lowest BCUT2D eigenvalue weighted by Gasteiger charge is -2.15. The Morgan fingerprint density at radius 2 is 1.83 bits per heavy atom. The van der Waals surface area contributed by atoms with Gasteiger partial charge in [0.15, 0.2) is 0 Å². The Morgan fingerprint density at radius 1 is 1.08 bits per heavy atom. The SMILES string of the molecule is COc1ccc(CN(C)Cc2csc(-c3ccccc3Cl)n2)cc1. The molecule has 0 bridgehead atoms. The van der Waals surface area contributed by atoms with Gasteiger partial charge in [-0.05, 0) is 30.8 Å². The van der Waals surface area contributed by atoms with Crippen LogP contribution in [-0.2, 0) is 13.1 Å². The average molecular weight is 359 g/mol. The summed E-state index contributed by atoms with van der Waals surface area (Å²) in [6, 6.07) is 16.0. The van der Waals surface area contributed by atoms with E-state index < -0.39 is 0 Å². The fraction of sp³-hybridized carbons (Fsp3) is 0.211. The van der Waals surface area contributed by atoms with Gasteiger partial charge in [-0.3, -0.25) is 4.90 Å². The Balaban J connectivity index is 1.64. The normalized spacial score (nSPS) is 11.0. The second kappa shape index (κ2) is 7.79. The molecule has 3 nitrogen and oxygen atoms in total. The molecule has 3 rings (SSSR count). The zero-order valence-electron chi connectivity index (χ0n) is 13.7. The number of methoxy groups -OCH3 is 1. The summed E-state index contributed by atoms with van der Waals surface area (Å²) in [5.41, 5.74) is 3.30. The van der Waals surface area contributed by atoms with Gasteiger partial charge in [0.05, 0.1) is 17.8 Å². The number of thiazole rings is 1. The molecule has 0 atom stereocenters. The van der Waals surface area contributed by atoms with Crippen molar-refractivity contribution in [1.82, 2.24) is 9.88 Å². The average Bonchev–Trinajstić information content (AvgIpc) is 3.04. The van der Waals surface area contributed by atoms with E-state index in [1.807, 2.05) is 36.4 Å². The number of ether oxygens (including phenoxy) is 1. The molecule has 0 aliphatic rings. The fourth-order valence-electron chi connectivity index (χ4n) is 2.51. The van der Waals surface area contributed by atoms with Gasteiger partial charge in [-0.1, -0.05) is 41.9 Å². The van der Waals surface area contributed by atoms with Crippen molar-refractivity contribution in [3.63, 3.8) is 0 Å². The van der Waals surface area contributed by atoms with E-state index in [1.54, 1.807) is 18.4 Å². The van der Waals surface area contributed by atoms with Crippen molar-refractivity contribution in [2.24, 2.45) is 0 Å². The van der Waals surface area contributed by atoms with Crippen LogP contribution in [0.3, 0.4) is 0 Å². The quantitative estimate of drug-likeness (QED) is 0.612. The number of halogens is 1. The lowest BCUT2D eigenvalue weighted by Crippen LogP contribution is -2.17. The van der Waals surface area contributed by atoms with Crippen molar-refractivity contribution in [2.75, 3.05) is 14.2 Å². The summed E-state index contributed by atoms with van der Waals surface area (Å²) in [5.74, 6) is 0.880. The number of rotatable bonds is 6. The molecular weight excluding hydrogens is 340 g/mol. The maximum Gasteiger partial charge on any atom is 0.125 e. The minimum atomic E-state index is 0.741. The van der Waals surface area contributed by atoms with E-state index in [-0.39, 0.29) is 0 Å². The highest BCUT2D eigenvalue weighted by molar-refractivity contribution is 7.13. The van der Waals surface area contributed by atoms with Crippen LogP contribution in [0.25, 0.3) is 10.6 Å². The molecule has 1 heterocycles. The summed E-state index contributed by atoms with van der Waals surface area (Å²) < 4.78 is 5.19. The molecule has 0 unspecified atom stereocenters. The van der Waals surface area contributed by atoms with Crippen molar-refractivity contribution in [2.45, 2.75) is 13.1 Å². The van der Waals surface area contributed by atoms with E-state index in [0.717, 1.165) is 40.1 Å². The smallest absolute Gasteiger partial charge is 0.125 e. The second-order valence-electron chi connectivity index (χ2n) is 5.64. The predicted octanol–water partition coefficient (Wildman–Crippen LogP) is 5.10. The van der Waals surface area contributed by atoms with Gasteiger partial charge in [0.25, 0.3) is 0 Å². The van der Waals surface area contributed by atoms with Crippen molar-refractivity contribution >= 4 is 22.9 Å². The van der Waals surface area contributed by atoms with Crippen LogP contribution in [0.15, 0.2) is 53.9 Å². The van der Waals surface area contributed by atoms with Crippen LogP contribution < -0.4 is 4.74 Å². The monoisotopic (exact) mass is 358 g/mol. The Morgan fingerprint density at radius 3 is 2.54 bits per heavy atom. The van der Waals surface area contributed by atoms with Crippen LogP contribution in [0.2, 0.25) is 5.02 Å². The Bertz CT molecular complexity index is 801. The highest BCUT2D eigenvalue weighted by atomic mass is 35.5. The molecule has 0 radical (unpaired) electrons. The zero-order valence-corrected chi connectivity index (χ0v) is 15.3. The molecule has 24 heavy (non-hydrogen) atoms. The van der Waals surface area contributed by atoms with E-state index in [4.69, 9.17) is 21.3 Å². The summed E-state index contributed by atoms with van der Waals surface area (Å²) in [4.78, 5) is 6.97. The molecule has 124 valence electrons. The van der Waals surface area contributed by atoms with Gasteiger partial charge >= 0.3 is 0 Å². The molecule has 5 heteroatoms. The van der Waals surface area contributed by atoms with Crippen molar-refractivity contribution in [1.29, 1.82) is 0 Å². The first kappa shape index (κ1) is 17.0. The molecule has 0 aliphatic heterocycles. The molecule has 2 aromatic carbocycles. The number of aromatic nitrogens is 1. The topological polar surface area (TPSA) is 25.4 Å². The van der Waals surface area contributed by atoms with Crippen LogP contribution in [-0.4, -0.2) is 24.0 Å². The van der Waals surface area contributed by atoms with Crippen LogP contribution in [0.5, 0.6) is 5.75 Å². The Hall–Kier alpha value is -1.88. The largest absolute Gasteiger partial charge is 0.497 e. The lowest BCUT2D eigenvalue weighted by molar-refractivity contribution is 0.315. The summed E-state index contributed by atoms with van der Waals surface area (Å²) in [5, 5.41) is 3.81. The number of benzene rings is 2. The van der Waals surface area contributed by atoms with E-state index in [1.165, 1.54) is 5.56 Å². The summed E-state index contributed by atoms with van der Waals surface area (Å²) in [7, 11) is 3.78.